The third kappa shape index (κ3) is 5.70. The average molecular weight is 386 g/mol. The Morgan fingerprint density at radius 2 is 1.54 bits per heavy atom. The fourth-order valence-corrected chi connectivity index (χ4v) is 3.22. The number of carboxylic acids is 1. The van der Waals surface area contributed by atoms with E-state index < -0.39 is 5.97 Å². The summed E-state index contributed by atoms with van der Waals surface area (Å²) in [6.45, 7) is 0.368. The Morgan fingerprint density at radius 3 is 2.11 bits per heavy atom. The van der Waals surface area contributed by atoms with Crippen LogP contribution in [-0.2, 0) is 11.3 Å². The largest absolute Gasteiger partial charge is 0.481 e. The molecule has 0 atom stereocenters. The molecular formula is C21H23FN2O4. The van der Waals surface area contributed by atoms with Gasteiger partial charge in [-0.05, 0) is 67.6 Å². The van der Waals surface area contributed by atoms with Gasteiger partial charge in [0.25, 0.3) is 0 Å². The van der Waals surface area contributed by atoms with Gasteiger partial charge in [-0.15, -0.1) is 0 Å². The number of nitrogens with one attached hydrogen (secondary N) is 2. The fourth-order valence-electron chi connectivity index (χ4n) is 3.22. The number of ether oxygens (including phenoxy) is 1. The summed E-state index contributed by atoms with van der Waals surface area (Å²) in [6.07, 6.45) is 2.55. The van der Waals surface area contributed by atoms with Crippen molar-refractivity contribution in [2.24, 2.45) is 5.92 Å². The van der Waals surface area contributed by atoms with Crippen LogP contribution >= 0.6 is 0 Å². The quantitative estimate of drug-likeness (QED) is 0.699. The van der Waals surface area contributed by atoms with Gasteiger partial charge in [0.05, 0.1) is 5.92 Å². The zero-order valence-corrected chi connectivity index (χ0v) is 15.4. The number of carbonyl (C=O) groups is 2. The van der Waals surface area contributed by atoms with Gasteiger partial charge in [-0.25, -0.2) is 9.18 Å². The molecule has 2 aromatic rings. The molecule has 0 aromatic heterocycles. The number of halogens is 1. The maximum atomic E-state index is 12.9. The molecule has 28 heavy (non-hydrogen) atoms. The Kier molecular flexibility index (Phi) is 6.47. The van der Waals surface area contributed by atoms with E-state index >= 15 is 0 Å². The highest BCUT2D eigenvalue weighted by atomic mass is 19.1. The molecule has 1 saturated carbocycles. The number of benzene rings is 2. The van der Waals surface area contributed by atoms with Crippen molar-refractivity contribution >= 4 is 12.0 Å². The zero-order valence-electron chi connectivity index (χ0n) is 15.4. The lowest BCUT2D eigenvalue weighted by Crippen LogP contribution is -2.43. The van der Waals surface area contributed by atoms with Crippen molar-refractivity contribution in [1.82, 2.24) is 10.6 Å². The van der Waals surface area contributed by atoms with Gasteiger partial charge >= 0.3 is 12.0 Å². The second-order valence-electron chi connectivity index (χ2n) is 6.91. The molecule has 1 fully saturated rings. The molecule has 0 unspecified atom stereocenters. The van der Waals surface area contributed by atoms with Gasteiger partial charge in [-0.3, -0.25) is 4.79 Å². The van der Waals surface area contributed by atoms with E-state index in [-0.39, 0.29) is 23.8 Å². The van der Waals surface area contributed by atoms with Crippen molar-refractivity contribution in [2.45, 2.75) is 38.3 Å². The highest BCUT2D eigenvalue weighted by Crippen LogP contribution is 2.24. The number of amides is 2. The van der Waals surface area contributed by atoms with Crippen LogP contribution in [0.5, 0.6) is 11.5 Å². The Labute approximate surface area is 162 Å². The first kappa shape index (κ1) is 19.7. The van der Waals surface area contributed by atoms with Crippen molar-refractivity contribution in [3.63, 3.8) is 0 Å². The molecular weight excluding hydrogens is 363 g/mol. The van der Waals surface area contributed by atoms with Gasteiger partial charge in [0.2, 0.25) is 0 Å². The van der Waals surface area contributed by atoms with Crippen LogP contribution in [0.1, 0.15) is 31.2 Å². The van der Waals surface area contributed by atoms with Crippen LogP contribution < -0.4 is 15.4 Å². The van der Waals surface area contributed by atoms with Gasteiger partial charge in [0, 0.05) is 12.6 Å². The lowest BCUT2D eigenvalue weighted by molar-refractivity contribution is -0.142. The van der Waals surface area contributed by atoms with E-state index in [4.69, 9.17) is 9.84 Å². The minimum absolute atomic E-state index is 0.0158. The monoisotopic (exact) mass is 386 g/mol. The Hall–Kier alpha value is -3.09. The molecule has 0 heterocycles. The van der Waals surface area contributed by atoms with Crippen LogP contribution in [0.4, 0.5) is 9.18 Å². The topological polar surface area (TPSA) is 87.7 Å². The third-order valence-electron chi connectivity index (χ3n) is 4.84. The predicted molar refractivity (Wildman–Crippen MR) is 102 cm³/mol. The number of aliphatic carboxylic acids is 1. The van der Waals surface area contributed by atoms with E-state index in [2.05, 4.69) is 10.6 Å². The van der Waals surface area contributed by atoms with Crippen molar-refractivity contribution < 1.29 is 23.8 Å². The molecule has 0 bridgehead atoms. The average Bonchev–Trinajstić information content (AvgIpc) is 2.69. The Balaban J connectivity index is 1.41. The lowest BCUT2D eigenvalue weighted by atomic mass is 9.86. The van der Waals surface area contributed by atoms with E-state index in [1.807, 2.05) is 12.1 Å². The summed E-state index contributed by atoms with van der Waals surface area (Å²) in [6, 6.07) is 12.8. The molecule has 0 spiro atoms. The predicted octanol–water partition coefficient (Wildman–Crippen LogP) is 4.06. The maximum absolute atomic E-state index is 12.9. The number of urea groups is 1. The Morgan fingerprint density at radius 1 is 0.964 bits per heavy atom. The van der Waals surface area contributed by atoms with Crippen LogP contribution in [-0.4, -0.2) is 23.1 Å². The van der Waals surface area contributed by atoms with E-state index in [9.17, 15) is 14.0 Å². The number of carbonyl (C=O) groups excluding carboxylic acids is 1. The smallest absolute Gasteiger partial charge is 0.315 e. The highest BCUT2D eigenvalue weighted by Gasteiger charge is 2.26. The van der Waals surface area contributed by atoms with E-state index in [0.29, 0.717) is 43.7 Å². The molecule has 2 aromatic carbocycles. The first-order valence-corrected chi connectivity index (χ1v) is 9.29. The van der Waals surface area contributed by atoms with Crippen LogP contribution in [0.15, 0.2) is 48.5 Å². The molecule has 0 radical (unpaired) electrons. The Bertz CT molecular complexity index is 800. The summed E-state index contributed by atoms with van der Waals surface area (Å²) in [5, 5.41) is 14.7. The molecule has 3 N–H and O–H groups in total. The fraction of sp³-hybridized carbons (Fsp3) is 0.333. The van der Waals surface area contributed by atoms with Crippen molar-refractivity contribution in [1.29, 1.82) is 0 Å². The number of carboxylic acid groups (broad SMARTS) is 1. The summed E-state index contributed by atoms with van der Waals surface area (Å²) in [5.74, 6) is -0.201. The lowest BCUT2D eigenvalue weighted by Gasteiger charge is -2.26. The highest BCUT2D eigenvalue weighted by molar-refractivity contribution is 5.74. The van der Waals surface area contributed by atoms with E-state index in [1.54, 1.807) is 24.3 Å². The van der Waals surface area contributed by atoms with Crippen LogP contribution in [0.25, 0.3) is 0 Å². The molecule has 2 amide bonds. The van der Waals surface area contributed by atoms with Gasteiger partial charge in [-0.1, -0.05) is 12.1 Å². The molecule has 0 saturated heterocycles. The van der Waals surface area contributed by atoms with E-state index in [0.717, 1.165) is 5.56 Å². The molecule has 7 heteroatoms. The van der Waals surface area contributed by atoms with Gasteiger partial charge < -0.3 is 20.5 Å². The number of hydrogen-bond acceptors (Lipinski definition) is 3. The minimum atomic E-state index is -0.755. The normalized spacial score (nSPS) is 18.9. The summed E-state index contributed by atoms with van der Waals surface area (Å²) >= 11 is 0. The second kappa shape index (κ2) is 9.21. The molecule has 148 valence electrons. The van der Waals surface area contributed by atoms with Gasteiger partial charge in [0.15, 0.2) is 0 Å². The van der Waals surface area contributed by atoms with Gasteiger partial charge in [-0.2, -0.15) is 0 Å². The summed E-state index contributed by atoms with van der Waals surface area (Å²) in [4.78, 5) is 23.0. The van der Waals surface area contributed by atoms with Crippen LogP contribution in [0.3, 0.4) is 0 Å². The van der Waals surface area contributed by atoms with Crippen LogP contribution in [0.2, 0.25) is 0 Å². The van der Waals surface area contributed by atoms with Gasteiger partial charge in [0.1, 0.15) is 17.3 Å². The molecule has 0 aliphatic heterocycles. The third-order valence-corrected chi connectivity index (χ3v) is 4.84. The molecule has 3 rings (SSSR count). The second-order valence-corrected chi connectivity index (χ2v) is 6.91. The van der Waals surface area contributed by atoms with Crippen LogP contribution in [0, 0.1) is 11.7 Å². The number of hydrogen-bond donors (Lipinski definition) is 3. The van der Waals surface area contributed by atoms with Crippen molar-refractivity contribution in [3.05, 3.63) is 59.9 Å². The zero-order chi connectivity index (χ0) is 19.9. The SMILES string of the molecule is O=C(NCc1ccc(Oc2ccc(F)cc2)cc1)NC1CCC(C(=O)O)CC1. The summed E-state index contributed by atoms with van der Waals surface area (Å²) in [7, 11) is 0. The first-order chi connectivity index (χ1) is 13.5. The maximum Gasteiger partial charge on any atom is 0.315 e. The summed E-state index contributed by atoms with van der Waals surface area (Å²) in [5.41, 5.74) is 0.913. The molecule has 1 aliphatic rings. The van der Waals surface area contributed by atoms with Crippen molar-refractivity contribution in [2.75, 3.05) is 0 Å². The molecule has 6 nitrogen and oxygen atoms in total. The first-order valence-electron chi connectivity index (χ1n) is 9.29. The summed E-state index contributed by atoms with van der Waals surface area (Å²) < 4.78 is 18.5. The minimum Gasteiger partial charge on any atom is -0.481 e. The van der Waals surface area contributed by atoms with E-state index in [1.165, 1.54) is 12.1 Å². The van der Waals surface area contributed by atoms with Crippen molar-refractivity contribution in [3.8, 4) is 11.5 Å². The standard InChI is InChI=1S/C21H23FN2O4/c22-16-5-11-19(12-6-16)28-18-9-1-14(2-10-18)13-23-21(27)24-17-7-3-15(4-8-17)20(25)26/h1-2,5-6,9-12,15,17H,3-4,7-8,13H2,(H,25,26)(H2,23,24,27). The number of rotatable bonds is 6. The molecule has 1 aliphatic carbocycles.